The normalized spacial score (nSPS) is 14.0. The molecule has 0 aliphatic carbocycles. The van der Waals surface area contributed by atoms with Crippen LogP contribution in [0.25, 0.3) is 0 Å². The van der Waals surface area contributed by atoms with Gasteiger partial charge in [0.25, 0.3) is 0 Å². The number of hydrogen-bond acceptors (Lipinski definition) is 4. The Balaban J connectivity index is 2.90. The smallest absolute Gasteiger partial charge is 0.315 e. The van der Waals surface area contributed by atoms with E-state index in [1.54, 1.807) is 38.1 Å². The average Bonchev–Trinajstić information content (AvgIpc) is 2.30. The molecule has 0 bridgehead atoms. The Kier molecular flexibility index (Phi) is 5.39. The highest BCUT2D eigenvalue weighted by atomic mass is 31.2. The average molecular weight is 256 g/mol. The Morgan fingerprint density at radius 3 is 2.35 bits per heavy atom. The first-order valence-electron chi connectivity index (χ1n) is 5.57. The molecule has 0 amide bonds. The van der Waals surface area contributed by atoms with Gasteiger partial charge in [-0.1, -0.05) is 18.2 Å². The number of benzene rings is 1. The summed E-state index contributed by atoms with van der Waals surface area (Å²) in [4.78, 5) is 11.4. The van der Waals surface area contributed by atoms with E-state index in [1.165, 1.54) is 0 Å². The molecule has 1 aromatic rings. The Labute approximate surface area is 101 Å². The lowest BCUT2D eigenvalue weighted by Crippen LogP contribution is -2.18. The number of esters is 1. The van der Waals surface area contributed by atoms with Gasteiger partial charge in [0, 0.05) is 5.30 Å². The molecule has 94 valence electrons. The van der Waals surface area contributed by atoms with E-state index in [1.807, 2.05) is 6.07 Å². The molecule has 0 aromatic heterocycles. The summed E-state index contributed by atoms with van der Waals surface area (Å²) in [6.45, 7) is 4.04. The fourth-order valence-electron chi connectivity index (χ4n) is 1.45. The SMILES string of the molecule is CCOC(=O)CP(=O)(OCC)c1ccccc1. The topological polar surface area (TPSA) is 52.6 Å². The van der Waals surface area contributed by atoms with Crippen molar-refractivity contribution in [2.75, 3.05) is 19.4 Å². The predicted octanol–water partition coefficient (Wildman–Crippen LogP) is 2.19. The van der Waals surface area contributed by atoms with Crippen LogP contribution in [0.15, 0.2) is 30.3 Å². The van der Waals surface area contributed by atoms with Crippen LogP contribution in [0.1, 0.15) is 13.8 Å². The van der Waals surface area contributed by atoms with Gasteiger partial charge in [-0.15, -0.1) is 0 Å². The molecule has 1 aromatic carbocycles. The lowest BCUT2D eigenvalue weighted by atomic mass is 10.4. The second-order valence-electron chi connectivity index (χ2n) is 3.39. The van der Waals surface area contributed by atoms with Gasteiger partial charge in [-0.25, -0.2) is 0 Å². The molecule has 0 saturated heterocycles. The van der Waals surface area contributed by atoms with Crippen LogP contribution in [0, 0.1) is 0 Å². The Morgan fingerprint density at radius 1 is 1.18 bits per heavy atom. The minimum Gasteiger partial charge on any atom is -0.466 e. The number of ether oxygens (including phenoxy) is 1. The maximum absolute atomic E-state index is 12.6. The Bertz CT molecular complexity index is 402. The van der Waals surface area contributed by atoms with Crippen molar-refractivity contribution in [3.63, 3.8) is 0 Å². The molecule has 17 heavy (non-hydrogen) atoms. The lowest BCUT2D eigenvalue weighted by molar-refractivity contribution is -0.140. The molecule has 1 rings (SSSR count). The second-order valence-corrected chi connectivity index (χ2v) is 5.83. The number of rotatable bonds is 6. The second kappa shape index (κ2) is 6.58. The number of carbonyl (C=O) groups is 1. The molecule has 4 nitrogen and oxygen atoms in total. The fourth-order valence-corrected chi connectivity index (χ4v) is 3.35. The molecule has 5 heteroatoms. The number of carbonyl (C=O) groups excluding carboxylic acids is 1. The first-order chi connectivity index (χ1) is 8.12. The van der Waals surface area contributed by atoms with Gasteiger partial charge in [-0.2, -0.15) is 0 Å². The first kappa shape index (κ1) is 13.9. The van der Waals surface area contributed by atoms with Gasteiger partial charge in [-0.3, -0.25) is 9.36 Å². The zero-order chi connectivity index (χ0) is 12.7. The molecule has 0 aliphatic rings. The summed E-state index contributed by atoms with van der Waals surface area (Å²) in [7, 11) is -3.13. The van der Waals surface area contributed by atoms with E-state index < -0.39 is 13.3 Å². The van der Waals surface area contributed by atoms with Crippen molar-refractivity contribution in [1.82, 2.24) is 0 Å². The van der Waals surface area contributed by atoms with E-state index in [4.69, 9.17) is 9.26 Å². The zero-order valence-corrected chi connectivity index (χ0v) is 11.0. The van der Waals surface area contributed by atoms with Crippen LogP contribution in [-0.4, -0.2) is 25.3 Å². The highest BCUT2D eigenvalue weighted by Gasteiger charge is 2.29. The maximum atomic E-state index is 12.6. The first-order valence-corrected chi connectivity index (χ1v) is 7.38. The molecule has 1 atom stereocenters. The third kappa shape index (κ3) is 3.99. The minimum absolute atomic E-state index is 0.210. The van der Waals surface area contributed by atoms with Crippen LogP contribution in [0.5, 0.6) is 0 Å². The molecule has 0 N–H and O–H groups in total. The molecular weight excluding hydrogens is 239 g/mol. The standard InChI is InChI=1S/C12H17O4P/c1-3-15-12(13)10-17(14,16-4-2)11-8-6-5-7-9-11/h5-9H,3-4,10H2,1-2H3. The quantitative estimate of drug-likeness (QED) is 0.578. The van der Waals surface area contributed by atoms with E-state index in [2.05, 4.69) is 0 Å². The summed E-state index contributed by atoms with van der Waals surface area (Å²) in [5, 5.41) is 0.551. The van der Waals surface area contributed by atoms with Gasteiger partial charge in [0.05, 0.1) is 13.2 Å². The predicted molar refractivity (Wildman–Crippen MR) is 66.8 cm³/mol. The molecule has 0 fully saturated rings. The Morgan fingerprint density at radius 2 is 1.82 bits per heavy atom. The van der Waals surface area contributed by atoms with Gasteiger partial charge in [-0.05, 0) is 26.0 Å². The summed E-state index contributed by atoms with van der Waals surface area (Å²) in [6.07, 6.45) is -0.210. The lowest BCUT2D eigenvalue weighted by Gasteiger charge is -2.17. The van der Waals surface area contributed by atoms with Crippen molar-refractivity contribution in [3.8, 4) is 0 Å². The van der Waals surface area contributed by atoms with Crippen molar-refractivity contribution in [2.45, 2.75) is 13.8 Å². The number of hydrogen-bond donors (Lipinski definition) is 0. The van der Waals surface area contributed by atoms with Gasteiger partial charge < -0.3 is 9.26 Å². The summed E-state index contributed by atoms with van der Waals surface area (Å²) in [5.41, 5.74) is 0. The van der Waals surface area contributed by atoms with Crippen molar-refractivity contribution in [1.29, 1.82) is 0 Å². The summed E-state index contributed by atoms with van der Waals surface area (Å²) in [6, 6.07) is 8.77. The highest BCUT2D eigenvalue weighted by Crippen LogP contribution is 2.45. The van der Waals surface area contributed by atoms with Crippen molar-refractivity contribution >= 4 is 18.6 Å². The van der Waals surface area contributed by atoms with Crippen LogP contribution >= 0.6 is 7.37 Å². The van der Waals surface area contributed by atoms with E-state index >= 15 is 0 Å². The fraction of sp³-hybridized carbons (Fsp3) is 0.417. The van der Waals surface area contributed by atoms with E-state index in [-0.39, 0.29) is 12.8 Å². The van der Waals surface area contributed by atoms with Crippen molar-refractivity contribution in [2.24, 2.45) is 0 Å². The highest BCUT2D eigenvalue weighted by molar-refractivity contribution is 7.67. The maximum Gasteiger partial charge on any atom is 0.315 e. The monoisotopic (exact) mass is 256 g/mol. The van der Waals surface area contributed by atoms with Gasteiger partial charge in [0.1, 0.15) is 6.16 Å². The molecule has 0 aliphatic heterocycles. The molecule has 0 heterocycles. The Hall–Kier alpha value is -1.12. The third-order valence-corrected chi connectivity index (χ3v) is 4.56. The molecule has 0 radical (unpaired) electrons. The van der Waals surface area contributed by atoms with E-state index in [0.717, 1.165) is 0 Å². The van der Waals surface area contributed by atoms with Crippen LogP contribution in [0.2, 0.25) is 0 Å². The third-order valence-electron chi connectivity index (χ3n) is 2.13. The van der Waals surface area contributed by atoms with Crippen LogP contribution < -0.4 is 5.30 Å². The van der Waals surface area contributed by atoms with Crippen molar-refractivity contribution < 1.29 is 18.6 Å². The van der Waals surface area contributed by atoms with Gasteiger partial charge in [0.2, 0.25) is 7.37 Å². The van der Waals surface area contributed by atoms with Crippen LogP contribution in [0.4, 0.5) is 0 Å². The molecular formula is C12H17O4P. The van der Waals surface area contributed by atoms with Crippen LogP contribution in [-0.2, 0) is 18.6 Å². The van der Waals surface area contributed by atoms with Crippen molar-refractivity contribution in [3.05, 3.63) is 30.3 Å². The van der Waals surface area contributed by atoms with Crippen LogP contribution in [0.3, 0.4) is 0 Å². The van der Waals surface area contributed by atoms with E-state index in [9.17, 15) is 9.36 Å². The summed E-state index contributed by atoms with van der Waals surface area (Å²) < 4.78 is 22.7. The van der Waals surface area contributed by atoms with Gasteiger partial charge in [0.15, 0.2) is 0 Å². The molecule has 1 unspecified atom stereocenters. The minimum atomic E-state index is -3.13. The molecule has 0 saturated carbocycles. The largest absolute Gasteiger partial charge is 0.466 e. The van der Waals surface area contributed by atoms with E-state index in [0.29, 0.717) is 11.9 Å². The summed E-state index contributed by atoms with van der Waals surface area (Å²) >= 11 is 0. The van der Waals surface area contributed by atoms with Gasteiger partial charge >= 0.3 is 5.97 Å². The summed E-state index contributed by atoms with van der Waals surface area (Å²) in [5.74, 6) is -0.492. The zero-order valence-electron chi connectivity index (χ0n) is 10.1. The molecule has 0 spiro atoms.